The van der Waals surface area contributed by atoms with E-state index in [4.69, 9.17) is 0 Å². The molecular weight excluding hydrogens is 284 g/mol. The van der Waals surface area contributed by atoms with Crippen LogP contribution in [0, 0.1) is 0 Å². The molecule has 2 aromatic rings. The standard InChI is InChI=1S/C20H24N2O/c1-19(2,3)15-10-13-8-6-7-9-16(13)14(11-15)12-17-18(23)21-22-20(17,4)5/h6-12,22H,1-5H3,(H,21,23)/b17-12+. The second-order valence-corrected chi connectivity index (χ2v) is 7.80. The average Bonchev–Trinajstić information content (AvgIpc) is 2.73. The fourth-order valence-corrected chi connectivity index (χ4v) is 2.93. The number of hydrazine groups is 1. The van der Waals surface area contributed by atoms with Crippen LogP contribution >= 0.6 is 0 Å². The van der Waals surface area contributed by atoms with Gasteiger partial charge in [-0.15, -0.1) is 0 Å². The Bertz CT molecular complexity index is 810. The first-order valence-corrected chi connectivity index (χ1v) is 8.01. The van der Waals surface area contributed by atoms with E-state index in [1.165, 1.54) is 16.3 Å². The van der Waals surface area contributed by atoms with Crippen molar-refractivity contribution in [1.29, 1.82) is 0 Å². The lowest BCUT2D eigenvalue weighted by molar-refractivity contribution is -0.116. The average molecular weight is 308 g/mol. The van der Waals surface area contributed by atoms with Gasteiger partial charge in [0.15, 0.2) is 0 Å². The van der Waals surface area contributed by atoms with E-state index < -0.39 is 0 Å². The molecule has 1 aliphatic heterocycles. The number of hydrogen-bond donors (Lipinski definition) is 2. The molecule has 0 spiro atoms. The molecule has 1 saturated heterocycles. The number of fused-ring (bicyclic) bond motifs is 1. The van der Waals surface area contributed by atoms with Crippen molar-refractivity contribution in [2.24, 2.45) is 0 Å². The quantitative estimate of drug-likeness (QED) is 0.784. The van der Waals surface area contributed by atoms with Gasteiger partial charge in [-0.1, -0.05) is 57.2 Å². The molecule has 1 aliphatic rings. The van der Waals surface area contributed by atoms with Crippen molar-refractivity contribution in [2.45, 2.75) is 45.6 Å². The lowest BCUT2D eigenvalue weighted by Gasteiger charge is -2.22. The van der Waals surface area contributed by atoms with Crippen LogP contribution in [0.1, 0.15) is 45.7 Å². The van der Waals surface area contributed by atoms with Gasteiger partial charge in [-0.05, 0) is 47.2 Å². The van der Waals surface area contributed by atoms with E-state index in [0.717, 1.165) is 11.1 Å². The van der Waals surface area contributed by atoms with E-state index in [-0.39, 0.29) is 16.9 Å². The molecule has 0 radical (unpaired) electrons. The fourth-order valence-electron chi connectivity index (χ4n) is 2.93. The molecule has 0 saturated carbocycles. The Morgan fingerprint density at radius 2 is 1.78 bits per heavy atom. The first-order valence-electron chi connectivity index (χ1n) is 8.01. The molecule has 3 rings (SSSR count). The highest BCUT2D eigenvalue weighted by atomic mass is 16.2. The predicted octanol–water partition coefficient (Wildman–Crippen LogP) is 3.93. The van der Waals surface area contributed by atoms with Gasteiger partial charge in [-0.3, -0.25) is 10.2 Å². The lowest BCUT2D eigenvalue weighted by atomic mass is 9.83. The molecule has 23 heavy (non-hydrogen) atoms. The van der Waals surface area contributed by atoms with Crippen molar-refractivity contribution in [2.75, 3.05) is 0 Å². The van der Waals surface area contributed by atoms with Crippen molar-refractivity contribution in [3.8, 4) is 0 Å². The van der Waals surface area contributed by atoms with Gasteiger partial charge in [-0.2, -0.15) is 0 Å². The van der Waals surface area contributed by atoms with Gasteiger partial charge in [0.05, 0.1) is 5.54 Å². The summed E-state index contributed by atoms with van der Waals surface area (Å²) in [5, 5.41) is 2.37. The number of carbonyl (C=O) groups is 1. The van der Waals surface area contributed by atoms with Crippen LogP contribution in [-0.2, 0) is 10.2 Å². The summed E-state index contributed by atoms with van der Waals surface area (Å²) >= 11 is 0. The number of carbonyl (C=O) groups excluding carboxylic acids is 1. The van der Waals surface area contributed by atoms with Crippen molar-refractivity contribution in [3.63, 3.8) is 0 Å². The maximum absolute atomic E-state index is 12.2. The van der Waals surface area contributed by atoms with Crippen LogP contribution < -0.4 is 10.9 Å². The van der Waals surface area contributed by atoms with Gasteiger partial charge in [0.2, 0.25) is 0 Å². The van der Waals surface area contributed by atoms with Crippen LogP contribution in [0.2, 0.25) is 0 Å². The molecule has 2 N–H and O–H groups in total. The Labute approximate surface area is 137 Å². The third kappa shape index (κ3) is 2.89. The largest absolute Gasteiger partial charge is 0.287 e. The van der Waals surface area contributed by atoms with E-state index in [9.17, 15) is 4.79 Å². The minimum Gasteiger partial charge on any atom is -0.287 e. The Balaban J connectivity index is 2.26. The first kappa shape index (κ1) is 15.8. The summed E-state index contributed by atoms with van der Waals surface area (Å²) < 4.78 is 0. The minimum atomic E-state index is -0.379. The summed E-state index contributed by atoms with van der Waals surface area (Å²) in [6, 6.07) is 12.8. The molecule has 0 aromatic heterocycles. The molecule has 2 aromatic carbocycles. The summed E-state index contributed by atoms with van der Waals surface area (Å²) in [7, 11) is 0. The molecule has 1 amide bonds. The molecule has 3 heteroatoms. The lowest BCUT2D eigenvalue weighted by Crippen LogP contribution is -2.38. The van der Waals surface area contributed by atoms with Crippen LogP contribution in [0.15, 0.2) is 42.0 Å². The van der Waals surface area contributed by atoms with Gasteiger partial charge < -0.3 is 0 Å². The van der Waals surface area contributed by atoms with Crippen LogP contribution in [0.3, 0.4) is 0 Å². The van der Waals surface area contributed by atoms with Crippen molar-refractivity contribution < 1.29 is 4.79 Å². The summed E-state index contributed by atoms with van der Waals surface area (Å²) in [5.74, 6) is -0.0553. The zero-order chi connectivity index (χ0) is 16.8. The van der Waals surface area contributed by atoms with Crippen molar-refractivity contribution >= 4 is 22.8 Å². The molecule has 0 bridgehead atoms. The van der Waals surface area contributed by atoms with Gasteiger partial charge in [-0.25, -0.2) is 5.43 Å². The number of amides is 1. The second kappa shape index (κ2) is 5.20. The smallest absolute Gasteiger partial charge is 0.263 e. The van der Waals surface area contributed by atoms with E-state index in [1.807, 2.05) is 26.0 Å². The topological polar surface area (TPSA) is 41.1 Å². The summed E-state index contributed by atoms with van der Waals surface area (Å²) in [5.41, 5.74) is 8.56. The van der Waals surface area contributed by atoms with E-state index in [1.54, 1.807) is 0 Å². The van der Waals surface area contributed by atoms with Crippen LogP contribution in [0.5, 0.6) is 0 Å². The molecule has 0 unspecified atom stereocenters. The highest BCUT2D eigenvalue weighted by Gasteiger charge is 2.35. The molecule has 0 atom stereocenters. The Hall–Kier alpha value is -2.13. The number of rotatable bonds is 1. The molecule has 1 heterocycles. The molecular formula is C20H24N2O. The molecule has 0 aliphatic carbocycles. The Kier molecular flexibility index (Phi) is 3.56. The van der Waals surface area contributed by atoms with Gasteiger partial charge >= 0.3 is 0 Å². The second-order valence-electron chi connectivity index (χ2n) is 7.80. The molecule has 120 valence electrons. The Morgan fingerprint density at radius 3 is 2.39 bits per heavy atom. The number of hydrogen-bond acceptors (Lipinski definition) is 2. The summed E-state index contributed by atoms with van der Waals surface area (Å²) in [6.07, 6.45) is 2.02. The minimum absolute atomic E-state index is 0.0553. The number of benzene rings is 2. The van der Waals surface area contributed by atoms with Crippen LogP contribution in [0.4, 0.5) is 0 Å². The monoisotopic (exact) mass is 308 g/mol. The Morgan fingerprint density at radius 1 is 1.09 bits per heavy atom. The molecule has 1 fully saturated rings. The van der Waals surface area contributed by atoms with E-state index in [2.05, 4.69) is 62.0 Å². The maximum atomic E-state index is 12.2. The third-order valence-corrected chi connectivity index (χ3v) is 4.47. The number of nitrogens with one attached hydrogen (secondary N) is 2. The van der Waals surface area contributed by atoms with Gasteiger partial charge in [0.25, 0.3) is 5.91 Å². The summed E-state index contributed by atoms with van der Waals surface area (Å²) in [6.45, 7) is 10.6. The zero-order valence-corrected chi connectivity index (χ0v) is 14.4. The normalized spacial score (nSPS) is 19.3. The van der Waals surface area contributed by atoms with E-state index >= 15 is 0 Å². The van der Waals surface area contributed by atoms with Crippen LogP contribution in [-0.4, -0.2) is 11.4 Å². The highest BCUT2D eigenvalue weighted by molar-refractivity contribution is 6.04. The fraction of sp³-hybridized carbons (Fsp3) is 0.350. The van der Waals surface area contributed by atoms with Crippen molar-refractivity contribution in [1.82, 2.24) is 10.9 Å². The van der Waals surface area contributed by atoms with Crippen LogP contribution in [0.25, 0.3) is 16.8 Å². The zero-order valence-electron chi connectivity index (χ0n) is 14.4. The highest BCUT2D eigenvalue weighted by Crippen LogP contribution is 2.32. The van der Waals surface area contributed by atoms with Crippen molar-refractivity contribution in [3.05, 3.63) is 53.1 Å². The van der Waals surface area contributed by atoms with Gasteiger partial charge in [0.1, 0.15) is 0 Å². The maximum Gasteiger partial charge on any atom is 0.263 e. The summed E-state index contributed by atoms with van der Waals surface area (Å²) in [4.78, 5) is 12.2. The SMILES string of the molecule is CC1(C)NNC(=O)/C1=C\c1cc(C(C)(C)C)cc2ccccc12. The van der Waals surface area contributed by atoms with Gasteiger partial charge in [0, 0.05) is 5.57 Å². The first-order chi connectivity index (χ1) is 10.7. The van der Waals surface area contributed by atoms with E-state index in [0.29, 0.717) is 0 Å². The third-order valence-electron chi connectivity index (χ3n) is 4.47. The molecule has 3 nitrogen and oxygen atoms in total. The predicted molar refractivity (Wildman–Crippen MR) is 96.0 cm³/mol.